The van der Waals surface area contributed by atoms with Gasteiger partial charge in [0.05, 0.1) is 0 Å². The molecule has 4 heteroatoms. The third-order valence-electron chi connectivity index (χ3n) is 2.66. The molecule has 0 amide bonds. The lowest BCUT2D eigenvalue weighted by Crippen LogP contribution is -2.03. The molecule has 2 aromatic carbocycles. The second kappa shape index (κ2) is 7.55. The van der Waals surface area contributed by atoms with Crippen LogP contribution in [0.3, 0.4) is 0 Å². The molecule has 0 aromatic heterocycles. The van der Waals surface area contributed by atoms with E-state index in [2.05, 4.69) is 74.0 Å². The first-order chi connectivity index (χ1) is 9.69. The quantitative estimate of drug-likeness (QED) is 0.537. The van der Waals surface area contributed by atoms with Crippen molar-refractivity contribution in [2.45, 2.75) is 6.54 Å². The number of halogens is 2. The summed E-state index contributed by atoms with van der Waals surface area (Å²) in [5.74, 6) is 3.29. The number of hydrogen-bond donors (Lipinski definition) is 1. The maximum atomic E-state index is 5.55. The number of nitrogens with one attached hydrogen (secondary N) is 1. The molecule has 2 aromatic rings. The van der Waals surface area contributed by atoms with Crippen molar-refractivity contribution in [3.63, 3.8) is 0 Å². The molecule has 0 aliphatic heterocycles. The Labute approximate surface area is 141 Å². The summed E-state index contributed by atoms with van der Waals surface area (Å²) < 4.78 is 7.79. The molecule has 0 bridgehead atoms. The molecule has 0 radical (unpaired) electrons. The van der Waals surface area contributed by atoms with E-state index in [1.165, 1.54) is 3.57 Å². The lowest BCUT2D eigenvalue weighted by molar-refractivity contribution is 0.366. The second-order valence-corrected chi connectivity index (χ2v) is 6.27. The molecule has 0 saturated heterocycles. The number of terminal acetylenes is 1. The van der Waals surface area contributed by atoms with Crippen LogP contribution in [0.25, 0.3) is 0 Å². The summed E-state index contributed by atoms with van der Waals surface area (Å²) in [6.45, 7) is 0.956. The van der Waals surface area contributed by atoms with E-state index in [1.807, 2.05) is 18.2 Å². The maximum Gasteiger partial charge on any atom is 0.148 e. The third-order valence-corrected chi connectivity index (χ3v) is 3.87. The number of anilines is 1. The lowest BCUT2D eigenvalue weighted by Gasteiger charge is -2.12. The topological polar surface area (TPSA) is 21.3 Å². The lowest BCUT2D eigenvalue weighted by atomic mass is 10.2. The fraction of sp³-hybridized carbons (Fsp3) is 0.125. The Morgan fingerprint density at radius 1 is 1.20 bits per heavy atom. The van der Waals surface area contributed by atoms with Gasteiger partial charge in [-0.25, -0.2) is 0 Å². The summed E-state index contributed by atoms with van der Waals surface area (Å²) in [5.41, 5.74) is 2.14. The van der Waals surface area contributed by atoms with Crippen LogP contribution in [0.1, 0.15) is 5.56 Å². The fourth-order valence-electron chi connectivity index (χ4n) is 1.71. The standard InChI is InChI=1S/C16H13BrINO/c1-2-9-20-16-8-3-13(17)10-12(16)11-19-15-6-4-14(18)5-7-15/h1,3-8,10,19H,9,11H2. The van der Waals surface area contributed by atoms with Gasteiger partial charge >= 0.3 is 0 Å². The van der Waals surface area contributed by atoms with Gasteiger partial charge in [0.25, 0.3) is 0 Å². The molecule has 0 aliphatic rings. The first-order valence-electron chi connectivity index (χ1n) is 6.03. The Morgan fingerprint density at radius 2 is 1.95 bits per heavy atom. The predicted octanol–water partition coefficient (Wildman–Crippen LogP) is 4.68. The van der Waals surface area contributed by atoms with E-state index in [4.69, 9.17) is 11.2 Å². The molecule has 0 heterocycles. The highest BCUT2D eigenvalue weighted by Gasteiger charge is 2.04. The zero-order valence-electron chi connectivity index (χ0n) is 10.7. The van der Waals surface area contributed by atoms with Crippen LogP contribution in [0.5, 0.6) is 5.75 Å². The van der Waals surface area contributed by atoms with Crippen molar-refractivity contribution in [1.29, 1.82) is 0 Å². The van der Waals surface area contributed by atoms with Gasteiger partial charge in [0, 0.05) is 25.8 Å². The molecular weight excluding hydrogens is 429 g/mol. The number of rotatable bonds is 5. The molecule has 0 saturated carbocycles. The molecule has 2 rings (SSSR count). The zero-order valence-corrected chi connectivity index (χ0v) is 14.4. The van der Waals surface area contributed by atoms with Crippen molar-refractivity contribution in [1.82, 2.24) is 0 Å². The third kappa shape index (κ3) is 4.43. The van der Waals surface area contributed by atoms with Gasteiger partial charge in [-0.2, -0.15) is 0 Å². The predicted molar refractivity (Wildman–Crippen MR) is 95.0 cm³/mol. The Bertz CT molecular complexity index is 619. The van der Waals surface area contributed by atoms with Crippen molar-refractivity contribution >= 4 is 44.2 Å². The highest BCUT2D eigenvalue weighted by atomic mass is 127. The van der Waals surface area contributed by atoms with Gasteiger partial charge in [0.1, 0.15) is 12.4 Å². The largest absolute Gasteiger partial charge is 0.481 e. The van der Waals surface area contributed by atoms with Gasteiger partial charge in [-0.3, -0.25) is 0 Å². The van der Waals surface area contributed by atoms with Crippen molar-refractivity contribution in [2.24, 2.45) is 0 Å². The van der Waals surface area contributed by atoms with Gasteiger partial charge in [0.2, 0.25) is 0 Å². The average Bonchev–Trinajstić information content (AvgIpc) is 2.46. The van der Waals surface area contributed by atoms with Gasteiger partial charge in [-0.1, -0.05) is 21.9 Å². The molecule has 0 unspecified atom stereocenters. The summed E-state index contributed by atoms with van der Waals surface area (Å²) in [6.07, 6.45) is 5.23. The molecule has 20 heavy (non-hydrogen) atoms. The van der Waals surface area contributed by atoms with Crippen LogP contribution in [0.2, 0.25) is 0 Å². The smallest absolute Gasteiger partial charge is 0.148 e. The van der Waals surface area contributed by atoms with Crippen LogP contribution < -0.4 is 10.1 Å². The first kappa shape index (κ1) is 15.2. The van der Waals surface area contributed by atoms with Crippen molar-refractivity contribution in [2.75, 3.05) is 11.9 Å². The van der Waals surface area contributed by atoms with Crippen molar-refractivity contribution in [3.05, 3.63) is 56.1 Å². The molecule has 0 spiro atoms. The van der Waals surface area contributed by atoms with E-state index in [1.54, 1.807) is 0 Å². The maximum absolute atomic E-state index is 5.55. The highest BCUT2D eigenvalue weighted by molar-refractivity contribution is 14.1. The monoisotopic (exact) mass is 441 g/mol. The van der Waals surface area contributed by atoms with Gasteiger partial charge < -0.3 is 10.1 Å². The first-order valence-corrected chi connectivity index (χ1v) is 7.90. The minimum atomic E-state index is 0.276. The van der Waals surface area contributed by atoms with Crippen LogP contribution in [0.4, 0.5) is 5.69 Å². The normalized spacial score (nSPS) is 9.85. The van der Waals surface area contributed by atoms with Gasteiger partial charge in [-0.05, 0) is 65.1 Å². The Hall–Kier alpha value is -1.19. The molecule has 102 valence electrons. The minimum absolute atomic E-state index is 0.276. The van der Waals surface area contributed by atoms with Crippen LogP contribution in [-0.4, -0.2) is 6.61 Å². The molecular formula is C16H13BrINO. The van der Waals surface area contributed by atoms with E-state index in [0.29, 0.717) is 6.54 Å². The van der Waals surface area contributed by atoms with Crippen LogP contribution >= 0.6 is 38.5 Å². The van der Waals surface area contributed by atoms with E-state index in [9.17, 15) is 0 Å². The molecule has 0 atom stereocenters. The van der Waals surface area contributed by atoms with Crippen LogP contribution in [-0.2, 0) is 6.54 Å². The zero-order chi connectivity index (χ0) is 14.4. The summed E-state index contributed by atoms with van der Waals surface area (Å²) >= 11 is 5.76. The van der Waals surface area contributed by atoms with E-state index in [0.717, 1.165) is 21.5 Å². The number of ether oxygens (including phenoxy) is 1. The van der Waals surface area contributed by atoms with E-state index in [-0.39, 0.29) is 6.61 Å². The Morgan fingerprint density at radius 3 is 2.65 bits per heavy atom. The highest BCUT2D eigenvalue weighted by Crippen LogP contribution is 2.24. The van der Waals surface area contributed by atoms with Crippen molar-refractivity contribution in [3.8, 4) is 18.1 Å². The van der Waals surface area contributed by atoms with Gasteiger partial charge in [-0.15, -0.1) is 6.42 Å². The van der Waals surface area contributed by atoms with Crippen molar-refractivity contribution < 1.29 is 4.74 Å². The average molecular weight is 442 g/mol. The van der Waals surface area contributed by atoms with E-state index >= 15 is 0 Å². The number of benzene rings is 2. The molecule has 0 fully saturated rings. The fourth-order valence-corrected chi connectivity index (χ4v) is 2.48. The van der Waals surface area contributed by atoms with Gasteiger partial charge in [0.15, 0.2) is 0 Å². The van der Waals surface area contributed by atoms with Crippen LogP contribution in [0, 0.1) is 15.9 Å². The van der Waals surface area contributed by atoms with E-state index < -0.39 is 0 Å². The summed E-state index contributed by atoms with van der Waals surface area (Å²) in [7, 11) is 0. The molecule has 0 aliphatic carbocycles. The summed E-state index contributed by atoms with van der Waals surface area (Å²) in [5, 5.41) is 3.38. The number of hydrogen-bond acceptors (Lipinski definition) is 2. The minimum Gasteiger partial charge on any atom is -0.481 e. The Kier molecular flexibility index (Phi) is 5.74. The second-order valence-electron chi connectivity index (χ2n) is 4.11. The summed E-state index contributed by atoms with van der Waals surface area (Å²) in [6, 6.07) is 14.2. The Balaban J connectivity index is 2.09. The SMILES string of the molecule is C#CCOc1ccc(Br)cc1CNc1ccc(I)cc1. The van der Waals surface area contributed by atoms with Crippen LogP contribution in [0.15, 0.2) is 46.9 Å². The molecule has 1 N–H and O–H groups in total. The molecule has 2 nitrogen and oxygen atoms in total. The summed E-state index contributed by atoms with van der Waals surface area (Å²) in [4.78, 5) is 0.